The summed E-state index contributed by atoms with van der Waals surface area (Å²) < 4.78 is 4.47. The van der Waals surface area contributed by atoms with Crippen molar-refractivity contribution in [3.8, 4) is 0 Å². The first-order valence-electron chi connectivity index (χ1n) is 8.93. The third-order valence-electron chi connectivity index (χ3n) is 4.16. The van der Waals surface area contributed by atoms with Crippen molar-refractivity contribution in [2.24, 2.45) is 15.4 Å². The second kappa shape index (κ2) is 6.56. The van der Waals surface area contributed by atoms with Crippen molar-refractivity contribution in [1.82, 2.24) is 9.13 Å². The quantitative estimate of drug-likeness (QED) is 0.430. The Morgan fingerprint density at radius 1 is 0.654 bits per heavy atom. The van der Waals surface area contributed by atoms with E-state index in [1.165, 1.54) is 0 Å². The molecule has 0 unspecified atom stereocenters. The highest BCUT2D eigenvalue weighted by Gasteiger charge is 2.26. The summed E-state index contributed by atoms with van der Waals surface area (Å²) in [5, 5.41) is 13.0. The summed E-state index contributed by atoms with van der Waals surface area (Å²) in [6.45, 7) is 13.1. The standard InChI is InChI=1S/C21H27N5/c1-20(2,3)25-17-14-10-11-15-18(17)26(21(4,5)6)19(25)23-24-22-16-12-8-7-9-13-16/h7-15H,1-6H3. The molecule has 26 heavy (non-hydrogen) atoms. The lowest BCUT2D eigenvalue weighted by atomic mass is 10.1. The van der Waals surface area contributed by atoms with Crippen molar-refractivity contribution in [1.29, 1.82) is 0 Å². The topological polar surface area (TPSA) is 46.9 Å². The molecule has 0 aliphatic carbocycles. The number of nitrogens with zero attached hydrogens (tertiary/aromatic N) is 5. The third kappa shape index (κ3) is 3.47. The van der Waals surface area contributed by atoms with Gasteiger partial charge in [-0.2, -0.15) is 0 Å². The van der Waals surface area contributed by atoms with Crippen molar-refractivity contribution in [2.45, 2.75) is 52.6 Å². The van der Waals surface area contributed by atoms with Crippen LogP contribution in [0.3, 0.4) is 0 Å². The van der Waals surface area contributed by atoms with Crippen molar-refractivity contribution >= 4 is 16.7 Å². The Morgan fingerprint density at radius 2 is 1.12 bits per heavy atom. The summed E-state index contributed by atoms with van der Waals surface area (Å²) >= 11 is 0. The van der Waals surface area contributed by atoms with Gasteiger partial charge in [0.1, 0.15) is 0 Å². The molecule has 0 radical (unpaired) electrons. The Bertz CT molecular complexity index is 939. The molecule has 0 saturated heterocycles. The van der Waals surface area contributed by atoms with E-state index in [1.807, 2.05) is 30.3 Å². The van der Waals surface area contributed by atoms with Gasteiger partial charge in [0, 0.05) is 11.1 Å². The van der Waals surface area contributed by atoms with Crippen LogP contribution in [0.2, 0.25) is 0 Å². The van der Waals surface area contributed by atoms with Crippen LogP contribution in [0.4, 0.5) is 5.69 Å². The Morgan fingerprint density at radius 3 is 1.58 bits per heavy atom. The summed E-state index contributed by atoms with van der Waals surface area (Å²) in [5.41, 5.74) is 3.59. The van der Waals surface area contributed by atoms with Crippen LogP contribution in [0.25, 0.3) is 11.0 Å². The molecule has 0 N–H and O–H groups in total. The van der Waals surface area contributed by atoms with Crippen LogP contribution in [0.15, 0.2) is 70.0 Å². The zero-order valence-electron chi connectivity index (χ0n) is 16.4. The van der Waals surface area contributed by atoms with Crippen molar-refractivity contribution in [2.75, 3.05) is 0 Å². The van der Waals surface area contributed by atoms with Crippen LogP contribution < -0.4 is 5.62 Å². The molecule has 3 aromatic rings. The Balaban J connectivity index is 2.32. The van der Waals surface area contributed by atoms with Crippen LogP contribution in [-0.4, -0.2) is 9.13 Å². The van der Waals surface area contributed by atoms with Gasteiger partial charge in [-0.05, 0) is 71.0 Å². The molecule has 3 rings (SSSR count). The molecule has 0 aliphatic heterocycles. The molecule has 0 fully saturated rings. The number of para-hydroxylation sites is 2. The molecule has 5 nitrogen and oxygen atoms in total. The number of hydrogen-bond donors (Lipinski definition) is 0. The highest BCUT2D eigenvalue weighted by atomic mass is 15.4. The van der Waals surface area contributed by atoms with Gasteiger partial charge >= 0.3 is 0 Å². The van der Waals surface area contributed by atoms with Gasteiger partial charge in [0.25, 0.3) is 0 Å². The van der Waals surface area contributed by atoms with Crippen LogP contribution in [0, 0.1) is 0 Å². The summed E-state index contributed by atoms with van der Waals surface area (Å²) in [5.74, 6) is 0. The van der Waals surface area contributed by atoms with E-state index in [-0.39, 0.29) is 11.1 Å². The molecule has 136 valence electrons. The Labute approximate surface area is 154 Å². The molecule has 5 heteroatoms. The average Bonchev–Trinajstić information content (AvgIpc) is 2.90. The molecule has 1 heterocycles. The zero-order chi connectivity index (χ0) is 18.9. The molecule has 2 aromatic carbocycles. The minimum absolute atomic E-state index is 0.142. The predicted octanol–water partition coefficient (Wildman–Crippen LogP) is 5.55. The van der Waals surface area contributed by atoms with Crippen molar-refractivity contribution in [3.63, 3.8) is 0 Å². The highest BCUT2D eigenvalue weighted by molar-refractivity contribution is 5.76. The van der Waals surface area contributed by atoms with Crippen molar-refractivity contribution < 1.29 is 0 Å². The van der Waals surface area contributed by atoms with Gasteiger partial charge in [-0.25, -0.2) is 0 Å². The number of benzene rings is 2. The Kier molecular flexibility index (Phi) is 4.57. The summed E-state index contributed by atoms with van der Waals surface area (Å²) in [6.07, 6.45) is 0. The molecule has 0 spiro atoms. The maximum atomic E-state index is 4.56. The number of rotatable bonds is 2. The maximum absolute atomic E-state index is 4.56. The van der Waals surface area contributed by atoms with E-state index in [1.54, 1.807) is 0 Å². The van der Waals surface area contributed by atoms with Gasteiger partial charge in [-0.3, -0.25) is 0 Å². The number of fused-ring (bicyclic) bond motifs is 1. The maximum Gasteiger partial charge on any atom is 0.233 e. The van der Waals surface area contributed by atoms with Crippen LogP contribution in [-0.2, 0) is 11.1 Å². The molecule has 0 saturated carbocycles. The third-order valence-corrected chi connectivity index (χ3v) is 4.16. The minimum atomic E-state index is -0.142. The minimum Gasteiger partial charge on any atom is -0.303 e. The van der Waals surface area contributed by atoms with E-state index < -0.39 is 0 Å². The SMILES string of the molecule is CC(C)(C)n1c(=NN=Nc2ccccc2)n(C(C)(C)C)c2ccccc21. The summed E-state index contributed by atoms with van der Waals surface area (Å²) in [6, 6.07) is 18.1. The summed E-state index contributed by atoms with van der Waals surface area (Å²) in [4.78, 5) is 0. The molecule has 0 atom stereocenters. The van der Waals surface area contributed by atoms with Gasteiger partial charge in [-0.1, -0.05) is 35.4 Å². The fourth-order valence-electron chi connectivity index (χ4n) is 3.18. The van der Waals surface area contributed by atoms with E-state index in [9.17, 15) is 0 Å². The average molecular weight is 349 g/mol. The normalized spacial score (nSPS) is 12.8. The lowest BCUT2D eigenvalue weighted by Crippen LogP contribution is -2.40. The van der Waals surface area contributed by atoms with Crippen LogP contribution in [0.1, 0.15) is 41.5 Å². The zero-order valence-corrected chi connectivity index (χ0v) is 16.4. The first kappa shape index (κ1) is 18.1. The van der Waals surface area contributed by atoms with E-state index in [2.05, 4.69) is 90.4 Å². The largest absolute Gasteiger partial charge is 0.303 e. The lowest BCUT2D eigenvalue weighted by Gasteiger charge is -2.24. The number of imidazole rings is 1. The molecular formula is C21H27N5. The molecule has 1 aromatic heterocycles. The van der Waals surface area contributed by atoms with Gasteiger partial charge in [0.2, 0.25) is 5.62 Å². The molecule has 0 bridgehead atoms. The van der Waals surface area contributed by atoms with Crippen molar-refractivity contribution in [3.05, 3.63) is 60.2 Å². The van der Waals surface area contributed by atoms with E-state index >= 15 is 0 Å². The van der Waals surface area contributed by atoms with E-state index in [0.717, 1.165) is 22.3 Å². The predicted molar refractivity (Wildman–Crippen MR) is 106 cm³/mol. The molecular weight excluding hydrogens is 322 g/mol. The van der Waals surface area contributed by atoms with Gasteiger partial charge in [0.15, 0.2) is 0 Å². The Hall–Kier alpha value is -2.69. The van der Waals surface area contributed by atoms with E-state index in [0.29, 0.717) is 0 Å². The number of aromatic nitrogens is 2. The fraction of sp³-hybridized carbons (Fsp3) is 0.381. The van der Waals surface area contributed by atoms with Gasteiger partial charge in [0.05, 0.1) is 16.7 Å². The monoisotopic (exact) mass is 349 g/mol. The van der Waals surface area contributed by atoms with Gasteiger partial charge in [-0.15, -0.1) is 5.11 Å². The lowest BCUT2D eigenvalue weighted by molar-refractivity contribution is 0.342. The molecule has 0 amide bonds. The van der Waals surface area contributed by atoms with Gasteiger partial charge < -0.3 is 9.13 Å². The first-order valence-corrected chi connectivity index (χ1v) is 8.93. The highest BCUT2D eigenvalue weighted by Crippen LogP contribution is 2.25. The second-order valence-electron chi connectivity index (χ2n) is 8.43. The second-order valence-corrected chi connectivity index (χ2v) is 8.43. The fourth-order valence-corrected chi connectivity index (χ4v) is 3.18. The number of hydrogen-bond acceptors (Lipinski definition) is 2. The van der Waals surface area contributed by atoms with Crippen LogP contribution >= 0.6 is 0 Å². The van der Waals surface area contributed by atoms with Crippen LogP contribution in [0.5, 0.6) is 0 Å². The smallest absolute Gasteiger partial charge is 0.233 e. The summed E-state index contributed by atoms with van der Waals surface area (Å²) in [7, 11) is 0. The first-order chi connectivity index (χ1) is 12.2. The van der Waals surface area contributed by atoms with E-state index in [4.69, 9.17) is 0 Å². The molecule has 0 aliphatic rings.